The zero-order chi connectivity index (χ0) is 14.4. The first-order valence-corrected chi connectivity index (χ1v) is 6.15. The number of unbranched alkanes of at least 4 members (excludes halogenated alkanes) is 1. The summed E-state index contributed by atoms with van der Waals surface area (Å²) in [6.45, 7) is 0.356. The van der Waals surface area contributed by atoms with E-state index in [1.54, 1.807) is 0 Å². The van der Waals surface area contributed by atoms with Crippen molar-refractivity contribution in [3.63, 3.8) is 0 Å². The summed E-state index contributed by atoms with van der Waals surface area (Å²) in [7, 11) is 0. The topological polar surface area (TPSA) is 133 Å². The maximum Gasteiger partial charge on any atom is 0.326 e. The van der Waals surface area contributed by atoms with E-state index in [9.17, 15) is 19.5 Å². The number of aliphatic hydroxyl groups is 1. The SMILES string of the molecule is NC(=O)CCCCNC(=O)N1CC(O)CC1C(=O)O. The van der Waals surface area contributed by atoms with E-state index in [4.69, 9.17) is 10.8 Å². The summed E-state index contributed by atoms with van der Waals surface area (Å²) < 4.78 is 0. The van der Waals surface area contributed by atoms with Crippen LogP contribution >= 0.6 is 0 Å². The molecule has 0 aromatic rings. The molecule has 0 aliphatic carbocycles. The summed E-state index contributed by atoms with van der Waals surface area (Å²) in [6, 6.07) is -1.50. The molecule has 1 aliphatic rings. The van der Waals surface area contributed by atoms with Crippen molar-refractivity contribution in [3.8, 4) is 0 Å². The summed E-state index contributed by atoms with van der Waals surface area (Å²) in [4.78, 5) is 34.3. The van der Waals surface area contributed by atoms with Crippen molar-refractivity contribution in [2.45, 2.75) is 37.8 Å². The Morgan fingerprint density at radius 2 is 2.00 bits per heavy atom. The van der Waals surface area contributed by atoms with Crippen molar-refractivity contribution in [2.75, 3.05) is 13.1 Å². The third kappa shape index (κ3) is 4.74. The average Bonchev–Trinajstić information content (AvgIpc) is 2.70. The molecule has 1 rings (SSSR count). The fourth-order valence-corrected chi connectivity index (χ4v) is 1.99. The first kappa shape index (κ1) is 15.2. The van der Waals surface area contributed by atoms with Crippen molar-refractivity contribution >= 4 is 17.9 Å². The van der Waals surface area contributed by atoms with Crippen LogP contribution in [-0.2, 0) is 9.59 Å². The number of aliphatic carboxylic acids is 1. The third-order valence-corrected chi connectivity index (χ3v) is 2.95. The number of nitrogens with one attached hydrogen (secondary N) is 1. The van der Waals surface area contributed by atoms with Crippen LogP contribution in [-0.4, -0.2) is 58.3 Å². The van der Waals surface area contributed by atoms with Crippen molar-refractivity contribution in [3.05, 3.63) is 0 Å². The third-order valence-electron chi connectivity index (χ3n) is 2.95. The minimum atomic E-state index is -1.12. The van der Waals surface area contributed by atoms with Gasteiger partial charge in [-0.3, -0.25) is 4.79 Å². The van der Waals surface area contributed by atoms with Gasteiger partial charge >= 0.3 is 12.0 Å². The van der Waals surface area contributed by atoms with E-state index >= 15 is 0 Å². The van der Waals surface area contributed by atoms with Gasteiger partial charge in [0.15, 0.2) is 0 Å². The van der Waals surface area contributed by atoms with Crippen LogP contribution < -0.4 is 11.1 Å². The second-order valence-electron chi connectivity index (χ2n) is 4.55. The number of carbonyl (C=O) groups excluding carboxylic acids is 2. The number of amides is 3. The number of hydrogen-bond acceptors (Lipinski definition) is 4. The van der Waals surface area contributed by atoms with Gasteiger partial charge in [-0.2, -0.15) is 0 Å². The largest absolute Gasteiger partial charge is 0.480 e. The monoisotopic (exact) mass is 273 g/mol. The molecule has 5 N–H and O–H groups in total. The predicted octanol–water partition coefficient (Wildman–Crippen LogP) is -1.13. The molecule has 0 spiro atoms. The first-order valence-electron chi connectivity index (χ1n) is 6.15. The smallest absolute Gasteiger partial charge is 0.326 e. The van der Waals surface area contributed by atoms with E-state index in [-0.39, 0.29) is 25.3 Å². The average molecular weight is 273 g/mol. The van der Waals surface area contributed by atoms with Crippen LogP contribution in [0.3, 0.4) is 0 Å². The van der Waals surface area contributed by atoms with E-state index in [1.807, 2.05) is 0 Å². The predicted molar refractivity (Wildman–Crippen MR) is 65.2 cm³/mol. The molecule has 0 aromatic heterocycles. The molecule has 1 aliphatic heterocycles. The lowest BCUT2D eigenvalue weighted by atomic mass is 10.2. The van der Waals surface area contributed by atoms with E-state index in [0.717, 1.165) is 4.90 Å². The molecule has 8 heteroatoms. The number of carboxylic acids is 1. The molecule has 108 valence electrons. The molecule has 2 atom stereocenters. The van der Waals surface area contributed by atoms with E-state index in [1.165, 1.54) is 0 Å². The minimum Gasteiger partial charge on any atom is -0.480 e. The molecule has 1 saturated heterocycles. The number of aliphatic hydroxyl groups excluding tert-OH is 1. The van der Waals surface area contributed by atoms with Gasteiger partial charge in [0.25, 0.3) is 0 Å². The number of β-amino-alcohol motifs (C(OH)–C–C–N with tert-alkyl or cyclic N) is 1. The van der Waals surface area contributed by atoms with Crippen molar-refractivity contribution in [2.24, 2.45) is 5.73 Å². The number of nitrogens with two attached hydrogens (primary N) is 1. The molecule has 2 unspecified atom stereocenters. The summed E-state index contributed by atoms with van der Waals surface area (Å²) in [5, 5.41) is 20.9. The standard InChI is InChI=1S/C11H19N3O5/c12-9(16)3-1-2-4-13-11(19)14-6-7(15)5-8(14)10(17)18/h7-8,15H,1-6H2,(H2,12,16)(H,13,19)(H,17,18). The van der Waals surface area contributed by atoms with Gasteiger partial charge in [-0.05, 0) is 12.8 Å². The lowest BCUT2D eigenvalue weighted by molar-refractivity contribution is -0.141. The highest BCUT2D eigenvalue weighted by molar-refractivity contribution is 5.83. The quantitative estimate of drug-likeness (QED) is 0.454. The summed E-state index contributed by atoms with van der Waals surface area (Å²) in [6.07, 6.45) is 0.658. The Bertz CT molecular complexity index is 360. The Morgan fingerprint density at radius 1 is 1.32 bits per heavy atom. The Kier molecular flexibility index (Phi) is 5.56. The number of primary amides is 1. The van der Waals surface area contributed by atoms with Crippen LogP contribution in [0.1, 0.15) is 25.7 Å². The van der Waals surface area contributed by atoms with Crippen LogP contribution in [0.25, 0.3) is 0 Å². The zero-order valence-electron chi connectivity index (χ0n) is 10.5. The number of likely N-dealkylation sites (tertiary alicyclic amines) is 1. The van der Waals surface area contributed by atoms with Gasteiger partial charge in [0.2, 0.25) is 5.91 Å². The van der Waals surface area contributed by atoms with Crippen LogP contribution in [0.4, 0.5) is 4.79 Å². The molecule has 1 heterocycles. The van der Waals surface area contributed by atoms with Gasteiger partial charge in [-0.15, -0.1) is 0 Å². The molecule has 8 nitrogen and oxygen atoms in total. The van der Waals surface area contributed by atoms with Gasteiger partial charge in [0, 0.05) is 25.9 Å². The zero-order valence-corrected chi connectivity index (χ0v) is 10.5. The maximum absolute atomic E-state index is 11.8. The number of hydrogen-bond donors (Lipinski definition) is 4. The number of urea groups is 1. The second kappa shape index (κ2) is 6.93. The van der Waals surface area contributed by atoms with Gasteiger partial charge in [-0.1, -0.05) is 0 Å². The minimum absolute atomic E-state index is 0.0179. The molecular weight excluding hydrogens is 254 g/mol. The Morgan fingerprint density at radius 3 is 2.58 bits per heavy atom. The summed E-state index contributed by atoms with van der Waals surface area (Å²) in [5.41, 5.74) is 4.97. The second-order valence-corrected chi connectivity index (χ2v) is 4.55. The number of carbonyl (C=O) groups is 3. The van der Waals surface area contributed by atoms with Crippen molar-refractivity contribution < 1.29 is 24.6 Å². The van der Waals surface area contributed by atoms with Crippen LogP contribution in [0.5, 0.6) is 0 Å². The van der Waals surface area contributed by atoms with Gasteiger partial charge in [0.05, 0.1) is 6.10 Å². The number of rotatable bonds is 6. The lowest BCUT2D eigenvalue weighted by Crippen LogP contribution is -2.46. The normalized spacial score (nSPS) is 22.3. The highest BCUT2D eigenvalue weighted by Crippen LogP contribution is 2.18. The van der Waals surface area contributed by atoms with E-state index < -0.39 is 24.1 Å². The first-order chi connectivity index (χ1) is 8.91. The summed E-state index contributed by atoms with van der Waals surface area (Å²) >= 11 is 0. The highest BCUT2D eigenvalue weighted by atomic mass is 16.4. The van der Waals surface area contributed by atoms with Crippen LogP contribution in [0.15, 0.2) is 0 Å². The lowest BCUT2D eigenvalue weighted by Gasteiger charge is -2.21. The molecule has 0 radical (unpaired) electrons. The van der Waals surface area contributed by atoms with E-state index in [2.05, 4.69) is 5.32 Å². The molecule has 0 aromatic carbocycles. The number of carboxylic acid groups (broad SMARTS) is 1. The maximum atomic E-state index is 11.8. The molecular formula is C11H19N3O5. The Labute approximate surface area is 110 Å². The molecule has 3 amide bonds. The van der Waals surface area contributed by atoms with Crippen molar-refractivity contribution in [1.29, 1.82) is 0 Å². The molecule has 1 fully saturated rings. The Balaban J connectivity index is 2.32. The van der Waals surface area contributed by atoms with Gasteiger partial charge < -0.3 is 26.2 Å². The fraction of sp³-hybridized carbons (Fsp3) is 0.727. The molecule has 0 bridgehead atoms. The van der Waals surface area contributed by atoms with Gasteiger partial charge in [-0.25, -0.2) is 9.59 Å². The fourth-order valence-electron chi connectivity index (χ4n) is 1.99. The number of nitrogens with zero attached hydrogens (tertiary/aromatic N) is 1. The van der Waals surface area contributed by atoms with E-state index in [0.29, 0.717) is 19.4 Å². The molecule has 0 saturated carbocycles. The highest BCUT2D eigenvalue weighted by Gasteiger charge is 2.38. The van der Waals surface area contributed by atoms with Crippen LogP contribution in [0, 0.1) is 0 Å². The van der Waals surface area contributed by atoms with Gasteiger partial charge in [0.1, 0.15) is 6.04 Å². The Hall–Kier alpha value is -1.83. The summed E-state index contributed by atoms with van der Waals surface area (Å²) in [5.74, 6) is -1.51. The van der Waals surface area contributed by atoms with Crippen molar-refractivity contribution in [1.82, 2.24) is 10.2 Å². The molecule has 19 heavy (non-hydrogen) atoms. The van der Waals surface area contributed by atoms with Crippen LogP contribution in [0.2, 0.25) is 0 Å².